The lowest BCUT2D eigenvalue weighted by Crippen LogP contribution is -2.50. The van der Waals surface area contributed by atoms with Gasteiger partial charge in [0, 0.05) is 63.6 Å². The lowest BCUT2D eigenvalue weighted by Gasteiger charge is -2.38. The molecule has 4 rings (SSSR count). The number of likely N-dealkylation sites (tertiary alicyclic amines) is 1. The minimum atomic E-state index is 0.171. The Bertz CT molecular complexity index is 775. The normalized spacial score (nSPS) is 22.8. The molecule has 0 aliphatic carbocycles. The maximum absolute atomic E-state index is 12.9. The van der Waals surface area contributed by atoms with E-state index in [9.17, 15) is 4.79 Å². The van der Waals surface area contributed by atoms with Crippen molar-refractivity contribution in [2.45, 2.75) is 12.8 Å². The average Bonchev–Trinajstić information content (AvgIpc) is 3.02. The van der Waals surface area contributed by atoms with Crippen molar-refractivity contribution in [1.82, 2.24) is 19.3 Å². The summed E-state index contributed by atoms with van der Waals surface area (Å²) in [5.41, 5.74) is 1.93. The van der Waals surface area contributed by atoms with Crippen molar-refractivity contribution in [2.24, 2.45) is 13.0 Å². The molecule has 0 spiro atoms. The second-order valence-corrected chi connectivity index (χ2v) is 8.06. The molecule has 2 saturated heterocycles. The van der Waals surface area contributed by atoms with Crippen LogP contribution in [0.3, 0.4) is 0 Å². The maximum Gasteiger partial charge on any atom is 0.254 e. The number of piperidine rings is 1. The molecular formula is C21H30N4O. The van der Waals surface area contributed by atoms with Crippen molar-refractivity contribution >= 4 is 16.8 Å². The Morgan fingerprint density at radius 2 is 1.88 bits per heavy atom. The molecule has 2 fully saturated rings. The number of nitrogens with zero attached hydrogens (tertiary/aromatic N) is 4. The molecule has 140 valence electrons. The van der Waals surface area contributed by atoms with E-state index in [0.29, 0.717) is 0 Å². The highest BCUT2D eigenvalue weighted by atomic mass is 16.2. The van der Waals surface area contributed by atoms with Crippen LogP contribution >= 0.6 is 0 Å². The van der Waals surface area contributed by atoms with Crippen molar-refractivity contribution in [3.05, 3.63) is 36.0 Å². The fourth-order valence-corrected chi connectivity index (χ4v) is 4.50. The van der Waals surface area contributed by atoms with Crippen molar-refractivity contribution in [1.29, 1.82) is 0 Å². The molecule has 0 N–H and O–H groups in total. The van der Waals surface area contributed by atoms with E-state index in [1.165, 1.54) is 37.9 Å². The average molecular weight is 354 g/mol. The second-order valence-electron chi connectivity index (χ2n) is 8.06. The van der Waals surface area contributed by atoms with E-state index < -0.39 is 0 Å². The van der Waals surface area contributed by atoms with E-state index in [1.54, 1.807) is 0 Å². The highest BCUT2D eigenvalue weighted by molar-refractivity contribution is 5.98. The Kier molecular flexibility index (Phi) is 5.00. The van der Waals surface area contributed by atoms with Crippen LogP contribution in [0.15, 0.2) is 30.5 Å². The lowest BCUT2D eigenvalue weighted by molar-refractivity contribution is 0.0588. The summed E-state index contributed by atoms with van der Waals surface area (Å²) in [6.07, 6.45) is 4.71. The van der Waals surface area contributed by atoms with Crippen LogP contribution in [0.1, 0.15) is 23.2 Å². The van der Waals surface area contributed by atoms with Crippen LogP contribution in [0.4, 0.5) is 0 Å². The molecule has 2 aliphatic rings. The molecule has 5 nitrogen and oxygen atoms in total. The molecule has 1 amide bonds. The Labute approximate surface area is 156 Å². The quantitative estimate of drug-likeness (QED) is 0.848. The summed E-state index contributed by atoms with van der Waals surface area (Å²) in [6.45, 7) is 7.32. The summed E-state index contributed by atoms with van der Waals surface area (Å²) in [5, 5.41) is 1.19. The van der Waals surface area contributed by atoms with Gasteiger partial charge in [0.15, 0.2) is 0 Å². The van der Waals surface area contributed by atoms with Gasteiger partial charge in [0.1, 0.15) is 0 Å². The van der Waals surface area contributed by atoms with Gasteiger partial charge in [-0.05, 0) is 55.9 Å². The van der Waals surface area contributed by atoms with Crippen LogP contribution in [0.25, 0.3) is 10.9 Å². The Morgan fingerprint density at radius 1 is 1.08 bits per heavy atom. The number of aryl methyl sites for hydroxylation is 1. The molecule has 26 heavy (non-hydrogen) atoms. The summed E-state index contributed by atoms with van der Waals surface area (Å²) in [6, 6.07) is 8.14. The summed E-state index contributed by atoms with van der Waals surface area (Å²) in [7, 11) is 4.25. The van der Waals surface area contributed by atoms with Gasteiger partial charge in [-0.25, -0.2) is 0 Å². The molecular weight excluding hydrogens is 324 g/mol. The third-order valence-corrected chi connectivity index (χ3v) is 6.03. The Balaban J connectivity index is 1.34. The van der Waals surface area contributed by atoms with Gasteiger partial charge in [-0.2, -0.15) is 0 Å². The smallest absolute Gasteiger partial charge is 0.254 e. The van der Waals surface area contributed by atoms with E-state index in [2.05, 4.69) is 33.5 Å². The summed E-state index contributed by atoms with van der Waals surface area (Å²) >= 11 is 0. The molecule has 1 atom stereocenters. The van der Waals surface area contributed by atoms with E-state index in [0.717, 1.165) is 43.2 Å². The van der Waals surface area contributed by atoms with Crippen LogP contribution in [0.2, 0.25) is 0 Å². The molecule has 1 aromatic carbocycles. The summed E-state index contributed by atoms with van der Waals surface area (Å²) < 4.78 is 2.07. The van der Waals surface area contributed by atoms with Crippen molar-refractivity contribution in [3.63, 3.8) is 0 Å². The maximum atomic E-state index is 12.9. The van der Waals surface area contributed by atoms with Crippen LogP contribution < -0.4 is 0 Å². The van der Waals surface area contributed by atoms with Gasteiger partial charge in [-0.1, -0.05) is 6.07 Å². The first-order valence-corrected chi connectivity index (χ1v) is 9.85. The molecule has 0 radical (unpaired) electrons. The van der Waals surface area contributed by atoms with Crippen LogP contribution in [-0.2, 0) is 7.05 Å². The first kappa shape index (κ1) is 17.6. The van der Waals surface area contributed by atoms with Crippen LogP contribution in [0, 0.1) is 5.92 Å². The van der Waals surface area contributed by atoms with E-state index in [-0.39, 0.29) is 5.91 Å². The topological polar surface area (TPSA) is 31.7 Å². The van der Waals surface area contributed by atoms with Gasteiger partial charge in [0.2, 0.25) is 0 Å². The zero-order valence-corrected chi connectivity index (χ0v) is 16.0. The largest absolute Gasteiger partial charge is 0.351 e. The van der Waals surface area contributed by atoms with E-state index >= 15 is 0 Å². The lowest BCUT2D eigenvalue weighted by atomic mass is 9.97. The standard InChI is InChI=1S/C21H30N4O/c1-22-8-3-4-17(15-22)16-24-10-12-25(13-11-24)21(26)19-6-5-18-7-9-23(2)20(18)14-19/h5-7,9,14,17H,3-4,8,10-13,15-16H2,1-2H3/t17-/m0/s1. The molecule has 2 aliphatic heterocycles. The number of aromatic nitrogens is 1. The Morgan fingerprint density at radius 3 is 2.65 bits per heavy atom. The summed E-state index contributed by atoms with van der Waals surface area (Å²) in [4.78, 5) is 19.9. The minimum Gasteiger partial charge on any atom is -0.351 e. The van der Waals surface area contributed by atoms with E-state index in [1.807, 2.05) is 30.3 Å². The van der Waals surface area contributed by atoms with Crippen molar-refractivity contribution in [2.75, 3.05) is 52.9 Å². The molecule has 2 aromatic rings. The molecule has 3 heterocycles. The number of carbonyl (C=O) groups excluding carboxylic acids is 1. The number of fused-ring (bicyclic) bond motifs is 1. The SMILES string of the molecule is CN1CCC[C@H](CN2CCN(C(=O)c3ccc4ccn(C)c4c3)CC2)C1. The third kappa shape index (κ3) is 3.64. The van der Waals surface area contributed by atoms with Gasteiger partial charge in [0.25, 0.3) is 5.91 Å². The van der Waals surface area contributed by atoms with Gasteiger partial charge in [0.05, 0.1) is 0 Å². The number of hydrogen-bond acceptors (Lipinski definition) is 3. The highest BCUT2D eigenvalue weighted by Gasteiger charge is 2.25. The first-order valence-electron chi connectivity index (χ1n) is 9.85. The number of benzene rings is 1. The predicted octanol–water partition coefficient (Wildman–Crippen LogP) is 2.28. The van der Waals surface area contributed by atoms with Crippen molar-refractivity contribution < 1.29 is 4.79 Å². The molecule has 5 heteroatoms. The third-order valence-electron chi connectivity index (χ3n) is 6.03. The van der Waals surface area contributed by atoms with Gasteiger partial charge in [-0.15, -0.1) is 0 Å². The molecule has 0 saturated carbocycles. The number of rotatable bonds is 3. The minimum absolute atomic E-state index is 0.171. The van der Waals surface area contributed by atoms with Crippen LogP contribution in [0.5, 0.6) is 0 Å². The fraction of sp³-hybridized carbons (Fsp3) is 0.571. The number of carbonyl (C=O) groups is 1. The van der Waals surface area contributed by atoms with Gasteiger partial charge in [-0.3, -0.25) is 9.69 Å². The number of amides is 1. The van der Waals surface area contributed by atoms with Crippen LogP contribution in [-0.4, -0.2) is 78.0 Å². The zero-order chi connectivity index (χ0) is 18.1. The Hall–Kier alpha value is -1.85. The predicted molar refractivity (Wildman–Crippen MR) is 105 cm³/mol. The van der Waals surface area contributed by atoms with Gasteiger partial charge >= 0.3 is 0 Å². The summed E-state index contributed by atoms with van der Waals surface area (Å²) in [5.74, 6) is 0.959. The van der Waals surface area contributed by atoms with E-state index in [4.69, 9.17) is 0 Å². The number of hydrogen-bond donors (Lipinski definition) is 0. The highest BCUT2D eigenvalue weighted by Crippen LogP contribution is 2.20. The number of piperazine rings is 1. The second kappa shape index (κ2) is 7.41. The van der Waals surface area contributed by atoms with Crippen molar-refractivity contribution in [3.8, 4) is 0 Å². The molecule has 0 unspecified atom stereocenters. The fourth-order valence-electron chi connectivity index (χ4n) is 4.50. The monoisotopic (exact) mass is 354 g/mol. The van der Waals surface area contributed by atoms with Gasteiger partial charge < -0.3 is 14.4 Å². The molecule has 1 aromatic heterocycles. The zero-order valence-electron chi connectivity index (χ0n) is 16.0. The first-order chi connectivity index (χ1) is 12.6. The molecule has 0 bridgehead atoms.